The van der Waals surface area contributed by atoms with Crippen LogP contribution in [0.4, 0.5) is 4.39 Å². The summed E-state index contributed by atoms with van der Waals surface area (Å²) in [7, 11) is 1.82. The summed E-state index contributed by atoms with van der Waals surface area (Å²) in [6, 6.07) is 6.70. The van der Waals surface area contributed by atoms with Gasteiger partial charge in [-0.1, -0.05) is 17.7 Å². The van der Waals surface area contributed by atoms with Crippen molar-refractivity contribution in [1.82, 2.24) is 5.32 Å². The first-order valence-corrected chi connectivity index (χ1v) is 7.51. The highest BCUT2D eigenvalue weighted by Gasteiger charge is 2.18. The SMILES string of the molecule is CNC(Cc1cc(Br)cs1)c1c(F)cccc1Cl. The van der Waals surface area contributed by atoms with Crippen LogP contribution in [0, 0.1) is 5.82 Å². The Hall–Kier alpha value is -0.420. The summed E-state index contributed by atoms with van der Waals surface area (Å²) in [5.74, 6) is -0.266. The van der Waals surface area contributed by atoms with Crippen LogP contribution in [-0.4, -0.2) is 7.05 Å². The number of nitrogens with one attached hydrogen (secondary N) is 1. The molecule has 96 valence electrons. The van der Waals surface area contributed by atoms with E-state index in [1.807, 2.05) is 18.5 Å². The Balaban J connectivity index is 2.28. The lowest BCUT2D eigenvalue weighted by Gasteiger charge is -2.18. The Morgan fingerprint density at radius 2 is 2.28 bits per heavy atom. The highest BCUT2D eigenvalue weighted by atomic mass is 79.9. The molecule has 1 heterocycles. The summed E-state index contributed by atoms with van der Waals surface area (Å²) in [5, 5.41) is 5.61. The van der Waals surface area contributed by atoms with Crippen LogP contribution in [0.3, 0.4) is 0 Å². The van der Waals surface area contributed by atoms with Gasteiger partial charge >= 0.3 is 0 Å². The lowest BCUT2D eigenvalue weighted by atomic mass is 10.0. The second-order valence-corrected chi connectivity index (χ2v) is 6.23. The second kappa shape index (κ2) is 6.15. The fourth-order valence-corrected chi connectivity index (χ4v) is 3.65. The van der Waals surface area contributed by atoms with Gasteiger partial charge in [0, 0.05) is 37.8 Å². The van der Waals surface area contributed by atoms with Crippen molar-refractivity contribution in [1.29, 1.82) is 0 Å². The third-order valence-corrected chi connectivity index (χ3v) is 4.77. The zero-order chi connectivity index (χ0) is 13.1. The molecule has 1 aromatic carbocycles. The molecule has 1 nitrogen and oxygen atoms in total. The summed E-state index contributed by atoms with van der Waals surface area (Å²) >= 11 is 11.2. The van der Waals surface area contributed by atoms with Gasteiger partial charge in [-0.3, -0.25) is 0 Å². The first-order chi connectivity index (χ1) is 8.61. The highest BCUT2D eigenvalue weighted by Crippen LogP contribution is 2.30. The van der Waals surface area contributed by atoms with Gasteiger partial charge in [-0.25, -0.2) is 4.39 Å². The van der Waals surface area contributed by atoms with E-state index in [4.69, 9.17) is 11.6 Å². The largest absolute Gasteiger partial charge is 0.313 e. The minimum atomic E-state index is -0.266. The lowest BCUT2D eigenvalue weighted by Crippen LogP contribution is -2.20. The predicted molar refractivity (Wildman–Crippen MR) is 78.9 cm³/mol. The normalized spacial score (nSPS) is 12.7. The van der Waals surface area contributed by atoms with Crippen LogP contribution in [0.1, 0.15) is 16.5 Å². The Labute approximate surface area is 123 Å². The lowest BCUT2D eigenvalue weighted by molar-refractivity contribution is 0.536. The minimum absolute atomic E-state index is 0.121. The third-order valence-electron chi connectivity index (χ3n) is 2.72. The minimum Gasteiger partial charge on any atom is -0.313 e. The molecule has 2 rings (SSSR count). The molecular formula is C13H12BrClFNS. The Kier molecular flexibility index (Phi) is 4.78. The van der Waals surface area contributed by atoms with E-state index in [-0.39, 0.29) is 11.9 Å². The number of benzene rings is 1. The maximum Gasteiger partial charge on any atom is 0.129 e. The standard InChI is InChI=1S/C13H12BrClFNS/c1-17-12(6-9-5-8(14)7-18-9)13-10(15)3-2-4-11(13)16/h2-5,7,12,17H,6H2,1H3. The first kappa shape index (κ1) is 14.0. The van der Waals surface area contributed by atoms with E-state index in [2.05, 4.69) is 21.2 Å². The van der Waals surface area contributed by atoms with Crippen molar-refractivity contribution in [2.24, 2.45) is 0 Å². The molecule has 0 aliphatic heterocycles. The molecule has 5 heteroatoms. The van der Waals surface area contributed by atoms with Crippen LogP contribution < -0.4 is 5.32 Å². The van der Waals surface area contributed by atoms with Crippen molar-refractivity contribution in [3.05, 3.63) is 55.4 Å². The van der Waals surface area contributed by atoms with Crippen molar-refractivity contribution >= 4 is 38.9 Å². The molecule has 1 aromatic heterocycles. The van der Waals surface area contributed by atoms with Gasteiger partial charge in [-0.2, -0.15) is 0 Å². The number of hydrogen-bond acceptors (Lipinski definition) is 2. The van der Waals surface area contributed by atoms with E-state index in [1.54, 1.807) is 23.5 Å². The van der Waals surface area contributed by atoms with Crippen molar-refractivity contribution < 1.29 is 4.39 Å². The van der Waals surface area contributed by atoms with Crippen molar-refractivity contribution in [2.75, 3.05) is 7.05 Å². The van der Waals surface area contributed by atoms with Gasteiger partial charge in [0.2, 0.25) is 0 Å². The van der Waals surface area contributed by atoms with Crippen LogP contribution in [0.25, 0.3) is 0 Å². The molecule has 2 aromatic rings. The monoisotopic (exact) mass is 347 g/mol. The average Bonchev–Trinajstić information content (AvgIpc) is 2.73. The molecule has 1 atom stereocenters. The Morgan fingerprint density at radius 3 is 2.83 bits per heavy atom. The number of likely N-dealkylation sites (N-methyl/N-ethyl adjacent to an activating group) is 1. The van der Waals surface area contributed by atoms with E-state index in [0.717, 1.165) is 4.47 Å². The fraction of sp³-hybridized carbons (Fsp3) is 0.231. The quantitative estimate of drug-likeness (QED) is 0.836. The van der Waals surface area contributed by atoms with Crippen LogP contribution in [0.2, 0.25) is 5.02 Å². The summed E-state index contributed by atoms with van der Waals surface area (Å²) in [5.41, 5.74) is 0.534. The van der Waals surface area contributed by atoms with Crippen molar-refractivity contribution in [3.63, 3.8) is 0 Å². The average molecular weight is 349 g/mol. The number of thiophene rings is 1. The topological polar surface area (TPSA) is 12.0 Å². The van der Waals surface area contributed by atoms with E-state index in [1.165, 1.54) is 10.9 Å². The molecule has 0 amide bonds. The fourth-order valence-electron chi connectivity index (χ4n) is 1.85. The maximum absolute atomic E-state index is 13.9. The molecule has 0 spiro atoms. The molecular weight excluding hydrogens is 337 g/mol. The molecule has 0 saturated heterocycles. The van der Waals surface area contributed by atoms with Gasteiger partial charge in [0.15, 0.2) is 0 Å². The predicted octanol–water partition coefficient (Wildman–Crippen LogP) is 4.81. The molecule has 1 unspecified atom stereocenters. The van der Waals surface area contributed by atoms with Gasteiger partial charge in [0.25, 0.3) is 0 Å². The molecule has 0 aliphatic carbocycles. The van der Waals surface area contributed by atoms with Gasteiger partial charge in [-0.05, 0) is 41.2 Å². The van der Waals surface area contributed by atoms with E-state index in [0.29, 0.717) is 17.0 Å². The molecule has 0 bridgehead atoms. The van der Waals surface area contributed by atoms with E-state index < -0.39 is 0 Å². The number of halogens is 3. The molecule has 0 radical (unpaired) electrons. The molecule has 0 saturated carbocycles. The Bertz CT molecular complexity index is 523. The Morgan fingerprint density at radius 1 is 1.50 bits per heavy atom. The zero-order valence-electron chi connectivity index (χ0n) is 9.71. The number of hydrogen-bond donors (Lipinski definition) is 1. The van der Waals surface area contributed by atoms with Crippen LogP contribution in [-0.2, 0) is 6.42 Å². The van der Waals surface area contributed by atoms with Crippen LogP contribution in [0.15, 0.2) is 34.1 Å². The molecule has 18 heavy (non-hydrogen) atoms. The second-order valence-electron chi connectivity index (χ2n) is 3.91. The highest BCUT2D eigenvalue weighted by molar-refractivity contribution is 9.10. The van der Waals surface area contributed by atoms with Gasteiger partial charge < -0.3 is 5.32 Å². The molecule has 1 N–H and O–H groups in total. The van der Waals surface area contributed by atoms with Gasteiger partial charge in [0.05, 0.1) is 0 Å². The van der Waals surface area contributed by atoms with Crippen molar-refractivity contribution in [2.45, 2.75) is 12.5 Å². The van der Waals surface area contributed by atoms with Crippen molar-refractivity contribution in [3.8, 4) is 0 Å². The maximum atomic E-state index is 13.9. The first-order valence-electron chi connectivity index (χ1n) is 5.46. The van der Waals surface area contributed by atoms with Gasteiger partial charge in [0.1, 0.15) is 5.82 Å². The van der Waals surface area contributed by atoms with Crippen LogP contribution >= 0.6 is 38.9 Å². The van der Waals surface area contributed by atoms with E-state index in [9.17, 15) is 4.39 Å². The summed E-state index contributed by atoms with van der Waals surface area (Å²) in [6.45, 7) is 0. The molecule has 0 aliphatic rings. The molecule has 0 fully saturated rings. The van der Waals surface area contributed by atoms with Crippen LogP contribution in [0.5, 0.6) is 0 Å². The summed E-state index contributed by atoms with van der Waals surface area (Å²) in [4.78, 5) is 1.18. The smallest absolute Gasteiger partial charge is 0.129 e. The van der Waals surface area contributed by atoms with E-state index >= 15 is 0 Å². The summed E-state index contributed by atoms with van der Waals surface area (Å²) in [6.07, 6.45) is 0.716. The number of rotatable bonds is 4. The summed E-state index contributed by atoms with van der Waals surface area (Å²) < 4.78 is 14.9. The zero-order valence-corrected chi connectivity index (χ0v) is 12.9. The third kappa shape index (κ3) is 3.12. The van der Waals surface area contributed by atoms with Gasteiger partial charge in [-0.15, -0.1) is 11.3 Å².